The highest BCUT2D eigenvalue weighted by molar-refractivity contribution is 5.67. The van der Waals surface area contributed by atoms with Gasteiger partial charge in [0.2, 0.25) is 0 Å². The first-order chi connectivity index (χ1) is 15.0. The second kappa shape index (κ2) is 9.20. The lowest BCUT2D eigenvalue weighted by molar-refractivity contribution is -0.159. The third kappa shape index (κ3) is 6.37. The summed E-state index contributed by atoms with van der Waals surface area (Å²) in [5, 5.41) is 0. The fourth-order valence-corrected chi connectivity index (χ4v) is 3.61. The van der Waals surface area contributed by atoms with Gasteiger partial charge in [0.05, 0.1) is 0 Å². The molecule has 2 aromatic carbocycles. The lowest BCUT2D eigenvalue weighted by atomic mass is 9.70. The van der Waals surface area contributed by atoms with E-state index in [2.05, 4.69) is 52.0 Å². The third-order valence-corrected chi connectivity index (χ3v) is 6.40. The van der Waals surface area contributed by atoms with Gasteiger partial charge < -0.3 is 14.2 Å². The predicted octanol–water partition coefficient (Wildman–Crippen LogP) is 6.95. The molecule has 5 nitrogen and oxygen atoms in total. The van der Waals surface area contributed by atoms with Crippen LogP contribution in [0.2, 0.25) is 0 Å². The van der Waals surface area contributed by atoms with Gasteiger partial charge in [-0.15, -0.1) is 0 Å². The number of carbonyl (C=O) groups is 2. The largest absolute Gasteiger partial charge is 0.514 e. The monoisotopic (exact) mass is 454 g/mol. The first-order valence-electron chi connectivity index (χ1n) is 11.3. The van der Waals surface area contributed by atoms with Gasteiger partial charge in [-0.25, -0.2) is 4.79 Å². The molecule has 0 aromatic heterocycles. The quantitative estimate of drug-likeness (QED) is 0.349. The third-order valence-electron chi connectivity index (χ3n) is 6.40. The summed E-state index contributed by atoms with van der Waals surface area (Å²) in [4.78, 5) is 23.5. The molecule has 33 heavy (non-hydrogen) atoms. The van der Waals surface area contributed by atoms with Crippen LogP contribution in [-0.2, 0) is 25.1 Å². The average molecular weight is 455 g/mol. The topological polar surface area (TPSA) is 61.8 Å². The second-order valence-electron chi connectivity index (χ2n) is 11.0. The first kappa shape index (κ1) is 26.4. The van der Waals surface area contributed by atoms with Crippen molar-refractivity contribution in [1.29, 1.82) is 0 Å². The van der Waals surface area contributed by atoms with Gasteiger partial charge in [0.1, 0.15) is 17.0 Å². The zero-order chi connectivity index (χ0) is 25.2. The molecule has 0 saturated heterocycles. The lowest BCUT2D eigenvalue weighted by Gasteiger charge is -2.41. The van der Waals surface area contributed by atoms with Crippen LogP contribution < -0.4 is 4.74 Å². The Morgan fingerprint density at radius 2 is 1.06 bits per heavy atom. The molecule has 0 aliphatic rings. The lowest BCUT2D eigenvalue weighted by Crippen LogP contribution is -2.46. The maximum absolute atomic E-state index is 11.9. The van der Waals surface area contributed by atoms with E-state index in [1.54, 1.807) is 32.9 Å². The van der Waals surface area contributed by atoms with E-state index >= 15 is 0 Å². The summed E-state index contributed by atoms with van der Waals surface area (Å²) in [6.45, 7) is 19.2. The van der Waals surface area contributed by atoms with Crippen molar-refractivity contribution in [3.63, 3.8) is 0 Å². The molecular weight excluding hydrogens is 416 g/mol. The molecule has 0 radical (unpaired) electrons. The highest BCUT2D eigenvalue weighted by Crippen LogP contribution is 2.39. The van der Waals surface area contributed by atoms with E-state index in [1.165, 1.54) is 6.92 Å². The van der Waals surface area contributed by atoms with Gasteiger partial charge in [0, 0.05) is 17.8 Å². The van der Waals surface area contributed by atoms with Gasteiger partial charge in [-0.05, 0) is 63.4 Å². The molecule has 0 bridgehead atoms. The van der Waals surface area contributed by atoms with E-state index in [1.807, 2.05) is 26.0 Å². The fraction of sp³-hybridized carbons (Fsp3) is 0.500. The molecule has 0 unspecified atom stereocenters. The highest BCUT2D eigenvalue weighted by atomic mass is 16.7. The van der Waals surface area contributed by atoms with Crippen molar-refractivity contribution >= 4 is 12.1 Å². The molecule has 0 spiro atoms. The number of hydrogen-bond acceptors (Lipinski definition) is 5. The molecule has 180 valence electrons. The van der Waals surface area contributed by atoms with E-state index in [9.17, 15) is 9.59 Å². The zero-order valence-electron chi connectivity index (χ0n) is 21.7. The number of hydrogen-bond donors (Lipinski definition) is 0. The molecule has 0 saturated carbocycles. The van der Waals surface area contributed by atoms with Gasteiger partial charge in [0.15, 0.2) is 0 Å². The van der Waals surface area contributed by atoms with Crippen molar-refractivity contribution in [1.82, 2.24) is 0 Å². The zero-order valence-corrected chi connectivity index (χ0v) is 21.7. The molecule has 5 heteroatoms. The van der Waals surface area contributed by atoms with E-state index in [0.29, 0.717) is 5.75 Å². The van der Waals surface area contributed by atoms with Gasteiger partial charge in [-0.1, -0.05) is 64.1 Å². The number of rotatable bonds is 6. The summed E-state index contributed by atoms with van der Waals surface area (Å²) in [5.74, 6) is 0.151. The van der Waals surface area contributed by atoms with Crippen LogP contribution in [0.3, 0.4) is 0 Å². The van der Waals surface area contributed by atoms with Gasteiger partial charge in [-0.3, -0.25) is 4.79 Å². The van der Waals surface area contributed by atoms with Crippen molar-refractivity contribution in [2.45, 2.75) is 91.3 Å². The van der Waals surface area contributed by atoms with Crippen LogP contribution in [0.5, 0.6) is 5.75 Å². The Kier molecular flexibility index (Phi) is 7.37. The van der Waals surface area contributed by atoms with E-state index in [-0.39, 0.29) is 16.8 Å². The number of carbonyl (C=O) groups excluding carboxylic acids is 2. The second-order valence-corrected chi connectivity index (χ2v) is 11.0. The molecule has 0 heterocycles. The SMILES string of the molecule is CC(=O)OC(C)(C)C(C)(C)c1ccc(C(C)(C)c2ccc(OC(=O)OC(C)(C)C)cc2)cc1. The molecule has 0 amide bonds. The summed E-state index contributed by atoms with van der Waals surface area (Å²) < 4.78 is 16.1. The van der Waals surface area contributed by atoms with Crippen molar-refractivity contribution < 1.29 is 23.8 Å². The van der Waals surface area contributed by atoms with Crippen molar-refractivity contribution in [3.05, 3.63) is 65.2 Å². The molecule has 0 fully saturated rings. The molecule has 0 aliphatic heterocycles. The van der Waals surface area contributed by atoms with Gasteiger partial charge in [-0.2, -0.15) is 0 Å². The molecule has 2 aromatic rings. The van der Waals surface area contributed by atoms with E-state index in [4.69, 9.17) is 14.2 Å². The number of ether oxygens (including phenoxy) is 3. The molecule has 2 rings (SSSR count). The van der Waals surface area contributed by atoms with Crippen molar-refractivity contribution in [3.8, 4) is 5.75 Å². The predicted molar refractivity (Wildman–Crippen MR) is 131 cm³/mol. The van der Waals surface area contributed by atoms with Gasteiger partial charge >= 0.3 is 12.1 Å². The minimum absolute atomic E-state index is 0.265. The van der Waals surface area contributed by atoms with Crippen LogP contribution in [-0.4, -0.2) is 23.3 Å². The Labute approximate surface area is 198 Å². The van der Waals surface area contributed by atoms with E-state index < -0.39 is 17.4 Å². The number of benzene rings is 2. The Balaban J connectivity index is 2.22. The Morgan fingerprint density at radius 1 is 0.636 bits per heavy atom. The molecule has 0 N–H and O–H groups in total. The van der Waals surface area contributed by atoms with Crippen molar-refractivity contribution in [2.24, 2.45) is 0 Å². The van der Waals surface area contributed by atoms with Crippen LogP contribution >= 0.6 is 0 Å². The van der Waals surface area contributed by atoms with Crippen LogP contribution in [0, 0.1) is 0 Å². The van der Waals surface area contributed by atoms with Crippen molar-refractivity contribution in [2.75, 3.05) is 0 Å². The minimum Gasteiger partial charge on any atom is -0.459 e. The van der Waals surface area contributed by atoms with Crippen LogP contribution in [0.15, 0.2) is 48.5 Å². The maximum atomic E-state index is 11.9. The van der Waals surface area contributed by atoms with E-state index in [0.717, 1.165) is 16.7 Å². The molecule has 0 aliphatic carbocycles. The summed E-state index contributed by atoms with van der Waals surface area (Å²) in [7, 11) is 0. The summed E-state index contributed by atoms with van der Waals surface area (Å²) in [6, 6.07) is 15.9. The summed E-state index contributed by atoms with van der Waals surface area (Å²) in [5.41, 5.74) is 1.43. The molecular formula is C28H38O5. The summed E-state index contributed by atoms with van der Waals surface area (Å²) >= 11 is 0. The van der Waals surface area contributed by atoms with Gasteiger partial charge in [0.25, 0.3) is 0 Å². The average Bonchev–Trinajstić information content (AvgIpc) is 2.66. The number of esters is 1. The fourth-order valence-electron chi connectivity index (χ4n) is 3.61. The Hall–Kier alpha value is -2.82. The van der Waals surface area contributed by atoms with Crippen LogP contribution in [0.4, 0.5) is 4.79 Å². The smallest absolute Gasteiger partial charge is 0.459 e. The first-order valence-corrected chi connectivity index (χ1v) is 11.3. The molecule has 0 atom stereocenters. The normalized spacial score (nSPS) is 12.8. The highest BCUT2D eigenvalue weighted by Gasteiger charge is 2.41. The summed E-state index contributed by atoms with van der Waals surface area (Å²) in [6.07, 6.45) is -0.718. The Bertz CT molecular complexity index is 974. The Morgan fingerprint density at radius 3 is 1.48 bits per heavy atom. The van der Waals surface area contributed by atoms with Crippen LogP contribution in [0.25, 0.3) is 0 Å². The maximum Gasteiger partial charge on any atom is 0.514 e. The standard InChI is InChI=1S/C28H38O5/c1-19(29)32-28(9,10)27(7,8)22-13-11-20(12-14-22)26(5,6)21-15-17-23(18-16-21)31-24(30)33-25(2,3)4/h11-18H,1-10H3. The minimum atomic E-state index is -0.718. The van der Waals surface area contributed by atoms with Crippen LogP contribution in [0.1, 0.15) is 85.9 Å².